The summed E-state index contributed by atoms with van der Waals surface area (Å²) in [6.45, 7) is 11.1. The third-order valence-corrected chi connectivity index (χ3v) is 6.79. The molecule has 0 bridgehead atoms. The molecular weight excluding hydrogens is 540 g/mol. The highest BCUT2D eigenvalue weighted by Crippen LogP contribution is 2.22. The zero-order valence-corrected chi connectivity index (χ0v) is 22.8. The normalized spacial score (nSPS) is 14.2. The van der Waals surface area contributed by atoms with E-state index in [1.54, 1.807) is 0 Å². The van der Waals surface area contributed by atoms with Crippen molar-refractivity contribution in [1.82, 2.24) is 14.9 Å². The fourth-order valence-electron chi connectivity index (χ4n) is 4.11. The number of halogens is 5. The fourth-order valence-corrected chi connectivity index (χ4v) is 4.46. The summed E-state index contributed by atoms with van der Waals surface area (Å²) < 4.78 is 31.7. The lowest BCUT2D eigenvalue weighted by Crippen LogP contribution is -2.46. The molecule has 0 saturated carbocycles. The van der Waals surface area contributed by atoms with Crippen LogP contribution in [0.15, 0.2) is 42.5 Å². The Hall–Kier alpha value is -2.88. The van der Waals surface area contributed by atoms with Gasteiger partial charge in [0, 0.05) is 60.6 Å². The lowest BCUT2D eigenvalue weighted by atomic mass is 10.0. The van der Waals surface area contributed by atoms with Crippen LogP contribution in [0, 0.1) is 20.8 Å². The number of alkyl halides is 3. The van der Waals surface area contributed by atoms with E-state index in [9.17, 15) is 13.2 Å². The van der Waals surface area contributed by atoms with Gasteiger partial charge >= 0.3 is 12.1 Å². The summed E-state index contributed by atoms with van der Waals surface area (Å²) in [4.78, 5) is 23.4. The van der Waals surface area contributed by atoms with Crippen LogP contribution in [0.3, 0.4) is 0 Å². The second-order valence-electron chi connectivity index (χ2n) is 9.11. The van der Waals surface area contributed by atoms with E-state index in [0.29, 0.717) is 0 Å². The Morgan fingerprint density at radius 2 is 1.45 bits per heavy atom. The molecule has 0 amide bonds. The number of hydrogen-bond donors (Lipinski definition) is 1. The van der Waals surface area contributed by atoms with E-state index in [4.69, 9.17) is 43.1 Å². The van der Waals surface area contributed by atoms with Crippen molar-refractivity contribution < 1.29 is 23.1 Å². The minimum atomic E-state index is -5.08. The molecule has 3 aromatic rings. The van der Waals surface area contributed by atoms with Crippen LogP contribution in [0.4, 0.5) is 19.1 Å². The van der Waals surface area contributed by atoms with Gasteiger partial charge in [0.2, 0.25) is 5.95 Å². The van der Waals surface area contributed by atoms with Crippen molar-refractivity contribution in [3.05, 3.63) is 86.2 Å². The highest BCUT2D eigenvalue weighted by molar-refractivity contribution is 6.30. The molecular formula is C27H29Cl2F3N4O2. The van der Waals surface area contributed by atoms with Gasteiger partial charge in [-0.1, -0.05) is 41.4 Å². The minimum Gasteiger partial charge on any atom is -0.475 e. The number of nitrogens with zero attached hydrogens (tertiary/aromatic N) is 4. The highest BCUT2D eigenvalue weighted by Gasteiger charge is 2.38. The number of rotatable bonds is 5. The van der Waals surface area contributed by atoms with Crippen LogP contribution in [0.1, 0.15) is 33.6 Å². The summed E-state index contributed by atoms with van der Waals surface area (Å²) in [7, 11) is 0. The third-order valence-electron chi connectivity index (χ3n) is 6.30. The van der Waals surface area contributed by atoms with Crippen molar-refractivity contribution in [2.24, 2.45) is 0 Å². The maximum atomic E-state index is 10.6. The Morgan fingerprint density at radius 1 is 0.921 bits per heavy atom. The maximum Gasteiger partial charge on any atom is 0.490 e. The number of carboxylic acid groups (broad SMARTS) is 1. The van der Waals surface area contributed by atoms with Crippen molar-refractivity contribution in [2.45, 2.75) is 39.9 Å². The molecule has 38 heavy (non-hydrogen) atoms. The molecule has 0 aliphatic carbocycles. The van der Waals surface area contributed by atoms with Crippen LogP contribution < -0.4 is 4.90 Å². The molecule has 0 unspecified atom stereocenters. The Morgan fingerprint density at radius 3 is 1.95 bits per heavy atom. The molecule has 1 fully saturated rings. The van der Waals surface area contributed by atoms with Crippen LogP contribution in [-0.4, -0.2) is 58.3 Å². The molecule has 1 aromatic heterocycles. The average Bonchev–Trinajstić information content (AvgIpc) is 2.84. The van der Waals surface area contributed by atoms with Gasteiger partial charge in [0.25, 0.3) is 0 Å². The molecule has 1 aliphatic rings. The molecule has 1 aliphatic heterocycles. The maximum absolute atomic E-state index is 10.6. The van der Waals surface area contributed by atoms with Gasteiger partial charge < -0.3 is 10.0 Å². The number of aryl methyl sites for hydroxylation is 3. The predicted octanol–water partition coefficient (Wildman–Crippen LogP) is 6.25. The molecule has 4 rings (SSSR count). The number of carboxylic acids is 1. The van der Waals surface area contributed by atoms with Crippen molar-refractivity contribution in [3.63, 3.8) is 0 Å². The molecule has 0 atom stereocenters. The van der Waals surface area contributed by atoms with Crippen LogP contribution in [0.5, 0.6) is 0 Å². The molecule has 0 spiro atoms. The Bertz CT molecular complexity index is 1240. The van der Waals surface area contributed by atoms with E-state index in [0.717, 1.165) is 66.5 Å². The Balaban J connectivity index is 0.000000505. The predicted molar refractivity (Wildman–Crippen MR) is 143 cm³/mol. The number of aliphatic carboxylic acids is 1. The zero-order valence-electron chi connectivity index (χ0n) is 21.3. The van der Waals surface area contributed by atoms with Gasteiger partial charge in [-0.2, -0.15) is 13.2 Å². The SMILES string of the molecule is Cc1cc(Cl)ccc1CN1CCN(c2nc(C)c(Cc3ccc(Cl)cc3)c(C)n2)CC1.O=C(O)C(F)(F)F. The fraction of sp³-hybridized carbons (Fsp3) is 0.370. The second-order valence-corrected chi connectivity index (χ2v) is 9.99. The van der Waals surface area contributed by atoms with E-state index >= 15 is 0 Å². The molecule has 1 N–H and O–H groups in total. The topological polar surface area (TPSA) is 69.6 Å². The lowest BCUT2D eigenvalue weighted by Gasteiger charge is -2.35. The molecule has 2 heterocycles. The van der Waals surface area contributed by atoms with Gasteiger partial charge in [-0.3, -0.25) is 4.90 Å². The van der Waals surface area contributed by atoms with Crippen LogP contribution in [-0.2, 0) is 17.8 Å². The van der Waals surface area contributed by atoms with Gasteiger partial charge in [0.05, 0.1) is 0 Å². The standard InChI is InChI=1S/C25H28Cl2N4.C2HF3O2/c1-17-14-23(27)9-6-21(17)16-30-10-12-31(13-11-30)25-28-18(2)24(19(3)29-25)15-20-4-7-22(26)8-5-20;3-2(4,5)1(6)7/h4-9,14H,10-13,15-16H2,1-3H3;(H,6,7). The van der Waals surface area contributed by atoms with Crippen molar-refractivity contribution in [2.75, 3.05) is 31.1 Å². The quantitative estimate of drug-likeness (QED) is 0.392. The van der Waals surface area contributed by atoms with Crippen molar-refractivity contribution in [3.8, 4) is 0 Å². The van der Waals surface area contributed by atoms with Crippen LogP contribution in [0.2, 0.25) is 10.0 Å². The van der Waals surface area contributed by atoms with Crippen LogP contribution >= 0.6 is 23.2 Å². The van der Waals surface area contributed by atoms with E-state index in [-0.39, 0.29) is 0 Å². The number of benzene rings is 2. The third kappa shape index (κ3) is 8.31. The number of aromatic nitrogens is 2. The van der Waals surface area contributed by atoms with E-state index in [1.807, 2.05) is 24.3 Å². The Labute approximate surface area is 230 Å². The summed E-state index contributed by atoms with van der Waals surface area (Å²) in [5, 5.41) is 8.68. The largest absolute Gasteiger partial charge is 0.490 e. The van der Waals surface area contributed by atoms with Gasteiger partial charge in [-0.25, -0.2) is 14.8 Å². The number of hydrogen-bond acceptors (Lipinski definition) is 5. The first-order chi connectivity index (χ1) is 17.8. The average molecular weight is 569 g/mol. The van der Waals surface area contributed by atoms with Gasteiger partial charge in [-0.15, -0.1) is 0 Å². The van der Waals surface area contributed by atoms with E-state index < -0.39 is 12.1 Å². The van der Waals surface area contributed by atoms with Gasteiger partial charge in [-0.05, 0) is 67.3 Å². The van der Waals surface area contributed by atoms with Crippen molar-refractivity contribution in [1.29, 1.82) is 0 Å². The lowest BCUT2D eigenvalue weighted by molar-refractivity contribution is -0.192. The van der Waals surface area contributed by atoms with Gasteiger partial charge in [0.15, 0.2) is 0 Å². The Kier molecular flexibility index (Phi) is 9.98. The van der Waals surface area contributed by atoms with Crippen molar-refractivity contribution >= 4 is 35.1 Å². The highest BCUT2D eigenvalue weighted by atomic mass is 35.5. The van der Waals surface area contributed by atoms with Gasteiger partial charge in [0.1, 0.15) is 0 Å². The molecule has 2 aromatic carbocycles. The minimum absolute atomic E-state index is 0.758. The molecule has 6 nitrogen and oxygen atoms in total. The van der Waals surface area contributed by atoms with E-state index in [2.05, 4.69) is 48.8 Å². The first-order valence-electron chi connectivity index (χ1n) is 11.9. The summed E-state index contributed by atoms with van der Waals surface area (Å²) >= 11 is 12.1. The van der Waals surface area contributed by atoms with Crippen LogP contribution in [0.25, 0.3) is 0 Å². The molecule has 0 radical (unpaired) electrons. The monoisotopic (exact) mass is 568 g/mol. The summed E-state index contributed by atoms with van der Waals surface area (Å²) in [5.74, 6) is -1.91. The summed E-state index contributed by atoms with van der Waals surface area (Å²) in [5.41, 5.74) is 7.11. The summed E-state index contributed by atoms with van der Waals surface area (Å²) in [6.07, 6.45) is -4.26. The summed E-state index contributed by atoms with van der Waals surface area (Å²) in [6, 6.07) is 14.2. The number of piperazine rings is 1. The molecule has 204 valence electrons. The first kappa shape index (κ1) is 29.7. The number of carbonyl (C=O) groups is 1. The molecule has 11 heteroatoms. The van der Waals surface area contributed by atoms with E-state index in [1.165, 1.54) is 22.3 Å². The zero-order chi connectivity index (χ0) is 28.0. The first-order valence-corrected chi connectivity index (χ1v) is 12.7. The second kappa shape index (κ2) is 12.8. The number of anilines is 1. The molecule has 1 saturated heterocycles. The smallest absolute Gasteiger partial charge is 0.475 e.